The van der Waals surface area contributed by atoms with E-state index in [1.165, 1.54) is 6.20 Å². The van der Waals surface area contributed by atoms with Crippen molar-refractivity contribution in [1.82, 2.24) is 29.0 Å². The smallest absolute Gasteiger partial charge is 0.330 e. The van der Waals surface area contributed by atoms with Gasteiger partial charge in [-0.1, -0.05) is 30.3 Å². The molecule has 1 aromatic carbocycles. The Labute approximate surface area is 185 Å². The van der Waals surface area contributed by atoms with Crippen LogP contribution < -0.4 is 5.69 Å². The number of hydrogen-bond donors (Lipinski definition) is 0. The van der Waals surface area contributed by atoms with Gasteiger partial charge in [0.25, 0.3) is 5.91 Å². The summed E-state index contributed by atoms with van der Waals surface area (Å²) >= 11 is 0. The second-order valence-corrected chi connectivity index (χ2v) is 8.16. The molecule has 0 N–H and O–H groups in total. The molecule has 5 rings (SSSR count). The molecule has 0 saturated carbocycles. The summed E-state index contributed by atoms with van der Waals surface area (Å²) in [4.78, 5) is 41.3. The maximum Gasteiger partial charge on any atom is 0.330 e. The standard InChI is InChI=1S/C24H24N6O2/c1-17-13-27-20(14-26-17)23(31)28-12-6-9-19(16-28)30-22-21(10-5-11-25-22)29(24(30)32)15-18-7-3-2-4-8-18/h2-5,7-8,10-11,13-14,19H,6,9,12,15-16H2,1H3/t19-/m0/s1. The van der Waals surface area contributed by atoms with E-state index >= 15 is 0 Å². The monoisotopic (exact) mass is 428 g/mol. The SMILES string of the molecule is Cc1cnc(C(=O)N2CCC[C@H](n3c(=O)n(Cc4ccccc4)c4cccnc43)C2)cn1. The number of rotatable bonds is 4. The molecule has 1 aliphatic heterocycles. The average molecular weight is 428 g/mol. The number of imidazole rings is 1. The molecular weight excluding hydrogens is 404 g/mol. The maximum absolute atomic E-state index is 13.5. The van der Waals surface area contributed by atoms with Gasteiger partial charge in [0.1, 0.15) is 5.69 Å². The van der Waals surface area contributed by atoms with Crippen LogP contribution in [0.5, 0.6) is 0 Å². The molecule has 1 atom stereocenters. The summed E-state index contributed by atoms with van der Waals surface area (Å²) in [7, 11) is 0. The number of carbonyl (C=O) groups excluding carboxylic acids is 1. The van der Waals surface area contributed by atoms with Gasteiger partial charge in [-0.05, 0) is 37.5 Å². The first-order valence-corrected chi connectivity index (χ1v) is 10.8. The number of amides is 1. The van der Waals surface area contributed by atoms with E-state index in [0.717, 1.165) is 29.6 Å². The molecule has 8 nitrogen and oxygen atoms in total. The number of fused-ring (bicyclic) bond motifs is 1. The Morgan fingerprint density at radius 1 is 1.06 bits per heavy atom. The Balaban J connectivity index is 1.49. The molecule has 32 heavy (non-hydrogen) atoms. The zero-order valence-corrected chi connectivity index (χ0v) is 17.9. The van der Waals surface area contributed by atoms with Crippen molar-refractivity contribution < 1.29 is 4.79 Å². The number of carbonyl (C=O) groups is 1. The summed E-state index contributed by atoms with van der Waals surface area (Å²) in [5, 5.41) is 0. The summed E-state index contributed by atoms with van der Waals surface area (Å²) in [5.74, 6) is -0.156. The van der Waals surface area contributed by atoms with Gasteiger partial charge in [-0.25, -0.2) is 14.8 Å². The predicted molar refractivity (Wildman–Crippen MR) is 120 cm³/mol. The highest BCUT2D eigenvalue weighted by Crippen LogP contribution is 2.25. The van der Waals surface area contributed by atoms with Crippen molar-refractivity contribution >= 4 is 17.1 Å². The van der Waals surface area contributed by atoms with Crippen LogP contribution in [0.15, 0.2) is 65.8 Å². The van der Waals surface area contributed by atoms with Gasteiger partial charge >= 0.3 is 5.69 Å². The third-order valence-electron chi connectivity index (χ3n) is 5.95. The van der Waals surface area contributed by atoms with Crippen molar-refractivity contribution in [3.63, 3.8) is 0 Å². The minimum absolute atomic E-state index is 0.100. The van der Waals surface area contributed by atoms with Crippen molar-refractivity contribution in [1.29, 1.82) is 0 Å². The van der Waals surface area contributed by atoms with Crippen molar-refractivity contribution in [2.75, 3.05) is 13.1 Å². The van der Waals surface area contributed by atoms with Gasteiger partial charge < -0.3 is 4.90 Å². The first-order chi connectivity index (χ1) is 15.6. The Morgan fingerprint density at radius 3 is 2.69 bits per heavy atom. The van der Waals surface area contributed by atoms with E-state index in [9.17, 15) is 9.59 Å². The van der Waals surface area contributed by atoms with Crippen LogP contribution in [0.1, 0.15) is 40.6 Å². The van der Waals surface area contributed by atoms with Crippen LogP contribution in [0, 0.1) is 6.92 Å². The zero-order chi connectivity index (χ0) is 22.1. The Morgan fingerprint density at radius 2 is 1.91 bits per heavy atom. The molecule has 162 valence electrons. The van der Waals surface area contributed by atoms with E-state index in [-0.39, 0.29) is 17.6 Å². The molecule has 4 heterocycles. The normalized spacial score (nSPS) is 16.4. The second kappa shape index (κ2) is 8.37. The molecule has 0 radical (unpaired) electrons. The number of nitrogens with zero attached hydrogens (tertiary/aromatic N) is 6. The predicted octanol–water partition coefficient (Wildman–Crippen LogP) is 2.82. The lowest BCUT2D eigenvalue weighted by Gasteiger charge is -2.32. The third-order valence-corrected chi connectivity index (χ3v) is 5.95. The van der Waals surface area contributed by atoms with Crippen molar-refractivity contribution in [2.24, 2.45) is 0 Å². The number of benzene rings is 1. The Hall–Kier alpha value is -3.81. The highest BCUT2D eigenvalue weighted by atomic mass is 16.2. The van der Waals surface area contributed by atoms with Gasteiger partial charge in [0, 0.05) is 25.5 Å². The lowest BCUT2D eigenvalue weighted by Crippen LogP contribution is -2.43. The molecule has 0 unspecified atom stereocenters. The molecule has 1 amide bonds. The number of piperidine rings is 1. The van der Waals surface area contributed by atoms with Crippen LogP contribution in [0.25, 0.3) is 11.2 Å². The number of aryl methyl sites for hydroxylation is 1. The minimum Gasteiger partial charge on any atom is -0.335 e. The highest BCUT2D eigenvalue weighted by Gasteiger charge is 2.29. The first kappa shape index (κ1) is 20.1. The lowest BCUT2D eigenvalue weighted by molar-refractivity contribution is 0.0672. The van der Waals surface area contributed by atoms with Crippen LogP contribution in [-0.4, -0.2) is 48.0 Å². The Bertz CT molecular complexity index is 1310. The van der Waals surface area contributed by atoms with Crippen LogP contribution >= 0.6 is 0 Å². The molecule has 1 fully saturated rings. The van der Waals surface area contributed by atoms with Crippen LogP contribution in [0.4, 0.5) is 0 Å². The fraction of sp³-hybridized carbons (Fsp3) is 0.292. The Kier molecular flexibility index (Phi) is 5.26. The summed E-state index contributed by atoms with van der Waals surface area (Å²) in [5.41, 5.74) is 3.50. The fourth-order valence-corrected chi connectivity index (χ4v) is 4.37. The minimum atomic E-state index is -0.156. The van der Waals surface area contributed by atoms with Gasteiger partial charge in [-0.2, -0.15) is 0 Å². The number of likely N-dealkylation sites (tertiary alicyclic amines) is 1. The third kappa shape index (κ3) is 3.68. The van der Waals surface area contributed by atoms with E-state index in [1.54, 1.807) is 26.4 Å². The summed E-state index contributed by atoms with van der Waals surface area (Å²) < 4.78 is 3.53. The van der Waals surface area contributed by atoms with E-state index in [1.807, 2.05) is 49.4 Å². The number of pyridine rings is 1. The zero-order valence-electron chi connectivity index (χ0n) is 17.9. The first-order valence-electron chi connectivity index (χ1n) is 10.8. The van der Waals surface area contributed by atoms with Crippen LogP contribution in [0.3, 0.4) is 0 Å². The summed E-state index contributed by atoms with van der Waals surface area (Å²) in [6.07, 6.45) is 6.43. The topological polar surface area (TPSA) is 85.9 Å². The van der Waals surface area contributed by atoms with E-state index in [4.69, 9.17) is 0 Å². The van der Waals surface area contributed by atoms with Crippen molar-refractivity contribution in [3.8, 4) is 0 Å². The summed E-state index contributed by atoms with van der Waals surface area (Å²) in [6.45, 7) is 3.39. The van der Waals surface area contributed by atoms with Gasteiger partial charge in [-0.15, -0.1) is 0 Å². The van der Waals surface area contributed by atoms with Crippen molar-refractivity contribution in [2.45, 2.75) is 32.4 Å². The maximum atomic E-state index is 13.5. The second-order valence-electron chi connectivity index (χ2n) is 8.16. The van der Waals surface area contributed by atoms with Gasteiger partial charge in [0.05, 0.1) is 30.0 Å². The molecule has 8 heteroatoms. The largest absolute Gasteiger partial charge is 0.335 e. The van der Waals surface area contributed by atoms with Crippen LogP contribution in [0.2, 0.25) is 0 Å². The van der Waals surface area contributed by atoms with Gasteiger partial charge in [0.2, 0.25) is 0 Å². The van der Waals surface area contributed by atoms with Crippen LogP contribution in [-0.2, 0) is 6.54 Å². The molecule has 0 spiro atoms. The molecule has 3 aromatic heterocycles. The fourth-order valence-electron chi connectivity index (χ4n) is 4.37. The quantitative estimate of drug-likeness (QED) is 0.499. The average Bonchev–Trinajstić information content (AvgIpc) is 3.11. The molecular formula is C24H24N6O2. The molecule has 1 aliphatic rings. The number of aromatic nitrogens is 5. The molecule has 1 saturated heterocycles. The molecule has 0 bridgehead atoms. The lowest BCUT2D eigenvalue weighted by atomic mass is 10.1. The summed E-state index contributed by atoms with van der Waals surface area (Å²) in [6, 6.07) is 13.5. The molecule has 0 aliphatic carbocycles. The molecule has 4 aromatic rings. The highest BCUT2D eigenvalue weighted by molar-refractivity contribution is 5.92. The van der Waals surface area contributed by atoms with E-state index in [2.05, 4.69) is 15.0 Å². The van der Waals surface area contributed by atoms with Gasteiger partial charge in [-0.3, -0.25) is 18.9 Å². The van der Waals surface area contributed by atoms with E-state index < -0.39 is 0 Å². The van der Waals surface area contributed by atoms with Gasteiger partial charge in [0.15, 0.2) is 5.65 Å². The van der Waals surface area contributed by atoms with Crippen molar-refractivity contribution in [3.05, 3.63) is 88.5 Å². The van der Waals surface area contributed by atoms with E-state index in [0.29, 0.717) is 31.0 Å². The number of hydrogen-bond acceptors (Lipinski definition) is 5.